The number of carbonyl (C=O) groups is 2. The molecule has 1 aliphatic rings. The number of hydrogen-bond acceptors (Lipinski definition) is 13. The SMILES string of the molecule is CCCCCCCCCCCCCCCC(=O)OC[C@@H](CO[C@H]1O[C@H](CO[P+]([O-])(O)OCC[N+](C)(C)C)[C@H](O)[C@H](O)[C@H]1O)OC(=O)CCCCCCCCCCCCCCC. The van der Waals surface area contributed by atoms with E-state index in [4.69, 9.17) is 28.0 Å². The molecule has 1 heterocycles. The molecule has 61 heavy (non-hydrogen) atoms. The van der Waals surface area contributed by atoms with Crippen LogP contribution in [0.15, 0.2) is 0 Å². The molecule has 1 unspecified atom stereocenters. The van der Waals surface area contributed by atoms with Crippen molar-refractivity contribution in [2.45, 2.75) is 230 Å². The second-order valence-electron chi connectivity index (χ2n) is 18.2. The van der Waals surface area contributed by atoms with Crippen molar-refractivity contribution >= 4 is 20.1 Å². The highest BCUT2D eigenvalue weighted by atomic mass is 31.2. The van der Waals surface area contributed by atoms with E-state index in [1.54, 1.807) is 0 Å². The van der Waals surface area contributed by atoms with Gasteiger partial charge in [-0.15, -0.1) is 0 Å². The van der Waals surface area contributed by atoms with Crippen LogP contribution in [0.2, 0.25) is 0 Å². The van der Waals surface area contributed by atoms with Gasteiger partial charge in [0.1, 0.15) is 50.8 Å². The molecule has 0 spiro atoms. The Morgan fingerprint density at radius 1 is 0.607 bits per heavy atom. The van der Waals surface area contributed by atoms with Gasteiger partial charge in [-0.2, -0.15) is 13.9 Å². The number of quaternary nitrogens is 1. The van der Waals surface area contributed by atoms with Crippen LogP contribution in [0, 0.1) is 0 Å². The average Bonchev–Trinajstić information content (AvgIpc) is 3.21. The lowest BCUT2D eigenvalue weighted by Gasteiger charge is -2.40. The van der Waals surface area contributed by atoms with Crippen molar-refractivity contribution in [3.8, 4) is 0 Å². The summed E-state index contributed by atoms with van der Waals surface area (Å²) in [6, 6.07) is 0. The zero-order valence-electron chi connectivity index (χ0n) is 39.2. The van der Waals surface area contributed by atoms with Crippen LogP contribution in [0.3, 0.4) is 0 Å². The number of nitrogens with zero attached hydrogens (tertiary/aromatic N) is 1. The van der Waals surface area contributed by atoms with Crippen LogP contribution in [0.5, 0.6) is 0 Å². The predicted octanol–water partition coefficient (Wildman–Crippen LogP) is 8.00. The van der Waals surface area contributed by atoms with Crippen LogP contribution in [0.4, 0.5) is 0 Å². The molecule has 15 heteroatoms. The standard InChI is InChI=1S/C46H90NO13P/c1-6-8-10-12-14-16-18-20-22-24-26-28-30-32-41(48)55-36-39(59-42(49)33-31-29-27-25-23-21-19-17-15-13-11-9-7-2)37-56-46-45(52)44(51)43(50)40(60-46)38-58-61(53,54)57-35-34-47(3,4)5/h39-40,43-46,50-52H,6-38H2,1-5H3/p+1/t39-,40+,43-,44-,45+,46-/m0/s1. The molecule has 1 rings (SSSR count). The van der Waals surface area contributed by atoms with E-state index in [-0.39, 0.29) is 32.7 Å². The minimum atomic E-state index is -4.53. The lowest BCUT2D eigenvalue weighted by atomic mass is 9.99. The Balaban J connectivity index is 2.60. The molecule has 14 nitrogen and oxygen atoms in total. The molecule has 0 amide bonds. The number of likely N-dealkylation sites (N-methyl/N-ethyl adjacent to an activating group) is 1. The number of esters is 2. The largest absolute Gasteiger partial charge is 0.606 e. The molecule has 1 saturated heterocycles. The summed E-state index contributed by atoms with van der Waals surface area (Å²) in [6.45, 7) is 3.54. The van der Waals surface area contributed by atoms with Gasteiger partial charge in [-0.3, -0.25) is 9.59 Å². The quantitative estimate of drug-likeness (QED) is 0.0200. The molecular formula is C46H91NO13P+. The minimum absolute atomic E-state index is 0.0676. The van der Waals surface area contributed by atoms with E-state index in [1.165, 1.54) is 116 Å². The predicted molar refractivity (Wildman–Crippen MR) is 238 cm³/mol. The molecule has 0 radical (unpaired) electrons. The number of ether oxygens (including phenoxy) is 4. The van der Waals surface area contributed by atoms with Gasteiger partial charge in [-0.1, -0.05) is 168 Å². The summed E-state index contributed by atoms with van der Waals surface area (Å²) in [6.07, 6.45) is 22.2. The number of hydrogen-bond donors (Lipinski definition) is 4. The van der Waals surface area contributed by atoms with Crippen molar-refractivity contribution in [2.75, 3.05) is 54.1 Å². The van der Waals surface area contributed by atoms with E-state index < -0.39 is 63.5 Å². The molecule has 0 aromatic carbocycles. The van der Waals surface area contributed by atoms with Crippen LogP contribution in [-0.2, 0) is 37.6 Å². The Bertz CT molecular complexity index is 1070. The van der Waals surface area contributed by atoms with E-state index in [9.17, 15) is 34.7 Å². The van der Waals surface area contributed by atoms with Gasteiger partial charge in [0.15, 0.2) is 12.4 Å². The van der Waals surface area contributed by atoms with Crippen LogP contribution >= 0.6 is 8.17 Å². The van der Waals surface area contributed by atoms with E-state index in [0.717, 1.165) is 38.5 Å². The minimum Gasteiger partial charge on any atom is -0.606 e. The summed E-state index contributed by atoms with van der Waals surface area (Å²) in [4.78, 5) is 48.2. The maximum absolute atomic E-state index is 12.9. The lowest BCUT2D eigenvalue weighted by Crippen LogP contribution is -2.59. The number of phosphoric acid groups is 1. The molecule has 0 aromatic heterocycles. The fraction of sp³-hybridized carbons (Fsp3) is 0.957. The smallest absolute Gasteiger partial charge is 0.377 e. The highest BCUT2D eigenvalue weighted by Crippen LogP contribution is 2.48. The molecule has 7 atom stereocenters. The van der Waals surface area contributed by atoms with Crippen LogP contribution < -0.4 is 4.89 Å². The highest BCUT2D eigenvalue weighted by Gasteiger charge is 2.46. The van der Waals surface area contributed by atoms with Gasteiger partial charge in [-0.25, -0.2) is 0 Å². The Morgan fingerprint density at radius 3 is 1.48 bits per heavy atom. The second-order valence-corrected chi connectivity index (χ2v) is 19.7. The third-order valence-electron chi connectivity index (χ3n) is 11.2. The molecule has 0 aliphatic carbocycles. The van der Waals surface area contributed by atoms with Gasteiger partial charge in [-0.05, 0) is 12.8 Å². The van der Waals surface area contributed by atoms with E-state index in [1.807, 2.05) is 21.1 Å². The summed E-state index contributed by atoms with van der Waals surface area (Å²) < 4.78 is 33.1. The summed E-state index contributed by atoms with van der Waals surface area (Å²) >= 11 is 0. The first-order chi connectivity index (χ1) is 29.2. The first-order valence-corrected chi connectivity index (χ1v) is 25.8. The number of unbranched alkanes of at least 4 members (excludes halogenated alkanes) is 24. The Morgan fingerprint density at radius 2 is 1.03 bits per heavy atom. The Hall–Kier alpha value is -1.03. The molecule has 4 N–H and O–H groups in total. The van der Waals surface area contributed by atoms with Gasteiger partial charge in [0.25, 0.3) is 0 Å². The second kappa shape index (κ2) is 36.2. The first kappa shape index (κ1) is 58.0. The van der Waals surface area contributed by atoms with Gasteiger partial charge in [0.2, 0.25) is 0 Å². The van der Waals surface area contributed by atoms with Crippen LogP contribution in [0.25, 0.3) is 0 Å². The Labute approximate surface area is 371 Å². The van der Waals surface area contributed by atoms with Crippen molar-refractivity contribution in [1.82, 2.24) is 0 Å². The monoisotopic (exact) mass is 897 g/mol. The normalized spacial score (nSPS) is 21.0. The average molecular weight is 897 g/mol. The molecule has 1 aliphatic heterocycles. The van der Waals surface area contributed by atoms with Crippen LogP contribution in [0.1, 0.15) is 194 Å². The van der Waals surface area contributed by atoms with Gasteiger partial charge in [0.05, 0.1) is 27.7 Å². The number of rotatable bonds is 41. The van der Waals surface area contributed by atoms with E-state index >= 15 is 0 Å². The van der Waals surface area contributed by atoms with Crippen molar-refractivity contribution in [2.24, 2.45) is 0 Å². The number of aliphatic hydroxyl groups excluding tert-OH is 3. The summed E-state index contributed by atoms with van der Waals surface area (Å²) in [5.74, 6) is -0.887. The lowest BCUT2D eigenvalue weighted by molar-refractivity contribution is -0.870. The zero-order valence-corrected chi connectivity index (χ0v) is 40.1. The summed E-state index contributed by atoms with van der Waals surface area (Å²) in [5, 5.41) is 31.8. The molecule has 1 fully saturated rings. The summed E-state index contributed by atoms with van der Waals surface area (Å²) in [5.41, 5.74) is 0. The van der Waals surface area contributed by atoms with Gasteiger partial charge >= 0.3 is 20.1 Å². The number of phosphoric ester groups is 1. The fourth-order valence-corrected chi connectivity index (χ4v) is 7.94. The van der Waals surface area contributed by atoms with Crippen molar-refractivity contribution in [1.29, 1.82) is 0 Å². The third-order valence-corrected chi connectivity index (χ3v) is 12.2. The molecule has 0 saturated carbocycles. The topological polar surface area (TPSA) is 194 Å². The maximum atomic E-state index is 12.9. The first-order valence-electron chi connectivity index (χ1n) is 24.3. The van der Waals surface area contributed by atoms with Crippen molar-refractivity contribution in [3.63, 3.8) is 0 Å². The molecular weight excluding hydrogens is 805 g/mol. The van der Waals surface area contributed by atoms with Crippen LogP contribution in [-0.4, -0.2) is 128 Å². The fourth-order valence-electron chi connectivity index (χ4n) is 7.22. The van der Waals surface area contributed by atoms with E-state index in [0.29, 0.717) is 23.9 Å². The molecule has 0 aromatic rings. The maximum Gasteiger partial charge on any atom is 0.377 e. The molecule has 362 valence electrons. The Kier molecular flexibility index (Phi) is 34.4. The summed E-state index contributed by atoms with van der Waals surface area (Å²) in [7, 11) is 1.14. The number of aliphatic hydroxyl groups is 3. The van der Waals surface area contributed by atoms with Crippen molar-refractivity contribution in [3.05, 3.63) is 0 Å². The zero-order chi connectivity index (χ0) is 45.2. The van der Waals surface area contributed by atoms with Gasteiger partial charge < -0.3 is 43.6 Å². The third kappa shape index (κ3) is 32.3. The van der Waals surface area contributed by atoms with E-state index in [2.05, 4.69) is 13.8 Å². The van der Waals surface area contributed by atoms with Gasteiger partial charge in [0, 0.05) is 12.8 Å². The van der Waals surface area contributed by atoms with Crippen molar-refractivity contribution < 1.29 is 67.2 Å². The highest BCUT2D eigenvalue weighted by molar-refractivity contribution is 7.52. The number of carbonyl (C=O) groups excluding carboxylic acids is 2. The molecule has 0 bridgehead atoms.